The maximum absolute atomic E-state index is 13.7. The number of urea groups is 1. The van der Waals surface area contributed by atoms with Gasteiger partial charge in [-0.2, -0.15) is 11.8 Å². The van der Waals surface area contributed by atoms with Gasteiger partial charge in [-0.3, -0.25) is 14.4 Å². The molecule has 0 aliphatic heterocycles. The van der Waals surface area contributed by atoms with Crippen LogP contribution in [0, 0.1) is 11.8 Å². The number of carboxylic acid groups (broad SMARTS) is 1. The summed E-state index contributed by atoms with van der Waals surface area (Å²) in [7, 11) is 0. The first-order valence-corrected chi connectivity index (χ1v) is 15.9. The molecule has 1 aromatic carbocycles. The van der Waals surface area contributed by atoms with Gasteiger partial charge in [-0.05, 0) is 56.1 Å². The third-order valence-corrected chi connectivity index (χ3v) is 7.33. The van der Waals surface area contributed by atoms with E-state index in [2.05, 4.69) is 26.6 Å². The molecular weight excluding hydrogens is 558 g/mol. The lowest BCUT2D eigenvalue weighted by Crippen LogP contribution is -2.60. The van der Waals surface area contributed by atoms with E-state index < -0.39 is 53.9 Å². The molecule has 11 nitrogen and oxygen atoms in total. The maximum Gasteiger partial charge on any atom is 0.326 e. The quantitative estimate of drug-likeness (QED) is 0.149. The van der Waals surface area contributed by atoms with Crippen LogP contribution in [-0.4, -0.2) is 77.0 Å². The molecule has 236 valence electrons. The molecule has 0 unspecified atom stereocenters. The molecule has 1 aromatic rings. The Morgan fingerprint density at radius 2 is 1.38 bits per heavy atom. The Bertz CT molecular complexity index is 1020. The van der Waals surface area contributed by atoms with Crippen molar-refractivity contribution in [3.63, 3.8) is 0 Å². The Hall–Kier alpha value is -3.28. The van der Waals surface area contributed by atoms with Crippen LogP contribution >= 0.6 is 11.8 Å². The molecule has 0 radical (unpaired) electrons. The zero-order chi connectivity index (χ0) is 31.8. The van der Waals surface area contributed by atoms with Gasteiger partial charge in [-0.1, -0.05) is 64.4 Å². The van der Waals surface area contributed by atoms with Gasteiger partial charge in [-0.25, -0.2) is 9.59 Å². The number of rotatable bonds is 18. The van der Waals surface area contributed by atoms with Crippen molar-refractivity contribution < 1.29 is 29.1 Å². The monoisotopic (exact) mass is 607 g/mol. The summed E-state index contributed by atoms with van der Waals surface area (Å²) in [6, 6.07) is 4.41. The van der Waals surface area contributed by atoms with Crippen molar-refractivity contribution in [2.24, 2.45) is 11.8 Å². The minimum Gasteiger partial charge on any atom is -0.480 e. The molecule has 0 bridgehead atoms. The van der Waals surface area contributed by atoms with Crippen molar-refractivity contribution in [1.29, 1.82) is 0 Å². The highest BCUT2D eigenvalue weighted by Gasteiger charge is 2.33. The summed E-state index contributed by atoms with van der Waals surface area (Å²) in [6.45, 7) is 11.0. The van der Waals surface area contributed by atoms with Gasteiger partial charge in [0.2, 0.25) is 17.7 Å². The molecule has 5 atom stereocenters. The van der Waals surface area contributed by atoms with Gasteiger partial charge in [0, 0.05) is 12.5 Å². The van der Waals surface area contributed by atoms with Crippen LogP contribution in [0.4, 0.5) is 4.79 Å². The van der Waals surface area contributed by atoms with E-state index in [1.165, 1.54) is 11.8 Å². The molecule has 0 aliphatic rings. The van der Waals surface area contributed by atoms with Crippen LogP contribution < -0.4 is 26.6 Å². The standard InChI is InChI=1S/C30H49N5O6S/c1-8-20(6)25(35-26(36)22(14-15-42-7)34-30(41)31-19(4)5)28(38)32-23(17-21-12-10-9-11-13-21)27(37)33-24(29(39)40)16-18(2)3/h9-13,18-20,22-25H,8,14-17H2,1-7H3,(H,32,38)(H,33,37)(H,35,36)(H,39,40)(H2,31,34,41)/t20-,22-,23-,24-,25-/m0/s1. The first kappa shape index (κ1) is 36.7. The van der Waals surface area contributed by atoms with Gasteiger partial charge >= 0.3 is 12.0 Å². The van der Waals surface area contributed by atoms with Crippen molar-refractivity contribution in [3.05, 3.63) is 35.9 Å². The summed E-state index contributed by atoms with van der Waals surface area (Å²) < 4.78 is 0. The van der Waals surface area contributed by atoms with Crippen LogP contribution in [0.15, 0.2) is 30.3 Å². The Morgan fingerprint density at radius 3 is 1.90 bits per heavy atom. The lowest BCUT2D eigenvalue weighted by molar-refractivity contribution is -0.142. The molecule has 5 amide bonds. The summed E-state index contributed by atoms with van der Waals surface area (Å²) in [4.78, 5) is 64.6. The topological polar surface area (TPSA) is 166 Å². The number of thioether (sulfide) groups is 1. The van der Waals surface area contributed by atoms with E-state index >= 15 is 0 Å². The van der Waals surface area contributed by atoms with E-state index in [-0.39, 0.29) is 30.7 Å². The summed E-state index contributed by atoms with van der Waals surface area (Å²) in [5.74, 6) is -2.52. The van der Waals surface area contributed by atoms with Crippen molar-refractivity contribution in [2.45, 2.75) is 97.4 Å². The third kappa shape index (κ3) is 13.6. The molecular formula is C30H49N5O6S. The number of carbonyl (C=O) groups is 5. The first-order chi connectivity index (χ1) is 19.8. The molecule has 0 saturated heterocycles. The molecule has 6 N–H and O–H groups in total. The normalized spacial score (nSPS) is 14.7. The van der Waals surface area contributed by atoms with Gasteiger partial charge in [0.1, 0.15) is 24.2 Å². The largest absolute Gasteiger partial charge is 0.480 e. The van der Waals surface area contributed by atoms with Gasteiger partial charge in [0.25, 0.3) is 0 Å². The third-order valence-electron chi connectivity index (χ3n) is 6.68. The highest BCUT2D eigenvalue weighted by atomic mass is 32.2. The zero-order valence-corrected chi connectivity index (χ0v) is 26.7. The van der Waals surface area contributed by atoms with Gasteiger partial charge in [-0.15, -0.1) is 0 Å². The van der Waals surface area contributed by atoms with Crippen LogP contribution in [0.1, 0.15) is 66.4 Å². The number of carbonyl (C=O) groups excluding carboxylic acids is 4. The average molecular weight is 608 g/mol. The SMILES string of the molecule is CC[C@H](C)[C@H](NC(=O)[C@H](CCSC)NC(=O)NC(C)C)C(=O)N[C@@H](Cc1ccccc1)C(=O)N[C@@H](CC(C)C)C(=O)O. The second-order valence-corrected chi connectivity index (χ2v) is 12.2. The number of hydrogen-bond donors (Lipinski definition) is 6. The fourth-order valence-corrected chi connectivity index (χ4v) is 4.68. The first-order valence-electron chi connectivity index (χ1n) is 14.5. The van der Waals surface area contributed by atoms with E-state index in [4.69, 9.17) is 0 Å². The van der Waals surface area contributed by atoms with Gasteiger partial charge < -0.3 is 31.7 Å². The van der Waals surface area contributed by atoms with Crippen molar-refractivity contribution >= 4 is 41.5 Å². The number of benzene rings is 1. The summed E-state index contributed by atoms with van der Waals surface area (Å²) in [6.07, 6.45) is 3.17. The van der Waals surface area contributed by atoms with E-state index in [1.807, 2.05) is 78.1 Å². The average Bonchev–Trinajstić information content (AvgIpc) is 2.92. The fourth-order valence-electron chi connectivity index (χ4n) is 4.21. The van der Waals surface area contributed by atoms with Gasteiger partial charge in [0.15, 0.2) is 0 Å². The zero-order valence-electron chi connectivity index (χ0n) is 25.9. The van der Waals surface area contributed by atoms with Crippen molar-refractivity contribution in [3.8, 4) is 0 Å². The molecule has 0 saturated carbocycles. The summed E-state index contributed by atoms with van der Waals surface area (Å²) in [5.41, 5.74) is 0.773. The minimum absolute atomic E-state index is 0.0221. The lowest BCUT2D eigenvalue weighted by Gasteiger charge is -2.29. The summed E-state index contributed by atoms with van der Waals surface area (Å²) >= 11 is 1.53. The number of nitrogens with one attached hydrogen (secondary N) is 5. The highest BCUT2D eigenvalue weighted by Crippen LogP contribution is 2.12. The number of hydrogen-bond acceptors (Lipinski definition) is 6. The second-order valence-electron chi connectivity index (χ2n) is 11.3. The molecule has 0 fully saturated rings. The Morgan fingerprint density at radius 1 is 0.786 bits per heavy atom. The smallest absolute Gasteiger partial charge is 0.326 e. The molecule has 1 rings (SSSR count). The Kier molecular flexibility index (Phi) is 16.6. The van der Waals surface area contributed by atoms with Crippen molar-refractivity contribution in [2.75, 3.05) is 12.0 Å². The van der Waals surface area contributed by atoms with E-state index in [1.54, 1.807) is 0 Å². The predicted octanol–water partition coefficient (Wildman–Crippen LogP) is 2.69. The molecule has 0 aromatic heterocycles. The fraction of sp³-hybridized carbons (Fsp3) is 0.633. The number of aliphatic carboxylic acids is 1. The second kappa shape index (κ2) is 19.0. The van der Waals surface area contributed by atoms with Crippen LogP contribution in [-0.2, 0) is 25.6 Å². The van der Waals surface area contributed by atoms with Crippen molar-refractivity contribution in [1.82, 2.24) is 26.6 Å². The number of carboxylic acids is 1. The Balaban J connectivity index is 3.22. The Labute approximate surface area is 254 Å². The highest BCUT2D eigenvalue weighted by molar-refractivity contribution is 7.98. The minimum atomic E-state index is -1.16. The van der Waals surface area contributed by atoms with Crippen LogP contribution in [0.3, 0.4) is 0 Å². The van der Waals surface area contributed by atoms with Crippen LogP contribution in [0.25, 0.3) is 0 Å². The van der Waals surface area contributed by atoms with E-state index in [9.17, 15) is 29.1 Å². The molecule has 0 spiro atoms. The predicted molar refractivity (Wildman–Crippen MR) is 166 cm³/mol. The lowest BCUT2D eigenvalue weighted by atomic mass is 9.96. The molecule has 0 heterocycles. The summed E-state index contributed by atoms with van der Waals surface area (Å²) in [5, 5.41) is 23.2. The number of amides is 5. The van der Waals surface area contributed by atoms with Crippen LogP contribution in [0.5, 0.6) is 0 Å². The molecule has 12 heteroatoms. The van der Waals surface area contributed by atoms with Crippen LogP contribution in [0.2, 0.25) is 0 Å². The van der Waals surface area contributed by atoms with E-state index in [0.717, 1.165) is 5.56 Å². The molecule has 0 aliphatic carbocycles. The van der Waals surface area contributed by atoms with E-state index in [0.29, 0.717) is 18.6 Å². The van der Waals surface area contributed by atoms with Gasteiger partial charge in [0.05, 0.1) is 0 Å². The molecule has 42 heavy (non-hydrogen) atoms. The maximum atomic E-state index is 13.7.